The number of fused-ring (bicyclic) bond motifs is 1. The fourth-order valence-corrected chi connectivity index (χ4v) is 3.74. The van der Waals surface area contributed by atoms with Gasteiger partial charge in [0.15, 0.2) is 0 Å². The highest BCUT2D eigenvalue weighted by Crippen LogP contribution is 2.27. The third-order valence-electron chi connectivity index (χ3n) is 5.40. The molecule has 3 aromatic heterocycles. The van der Waals surface area contributed by atoms with Crippen molar-refractivity contribution in [2.24, 2.45) is 0 Å². The standard InChI is InChI=1S/C19H21N5O2.C6H12O.C2H4/c1-2-12-9-24(11-17(25)22-15-5-7-21-19(15)26)10-14(12)16-8-13-4-3-6-20-18(13)23-16;1-3-4-5-6-7-2;1-2/h3-4,6,8-10,15H,2,5,7,11H2,1H3,(H,20,23)(H,21,26)(H,22,25);4-5H,3,6H2,1-2H3;1-2H2/b;5-4-;. The molecule has 8 nitrogen and oxygen atoms in total. The molecule has 1 aliphatic rings. The third kappa shape index (κ3) is 7.96. The van der Waals surface area contributed by atoms with E-state index in [0.717, 1.165) is 47.3 Å². The van der Waals surface area contributed by atoms with Crippen LogP contribution in [0.4, 0.5) is 0 Å². The highest BCUT2D eigenvalue weighted by molar-refractivity contribution is 5.89. The van der Waals surface area contributed by atoms with Gasteiger partial charge in [0, 0.05) is 48.9 Å². The Morgan fingerprint density at radius 2 is 2.11 bits per heavy atom. The van der Waals surface area contributed by atoms with E-state index in [1.165, 1.54) is 0 Å². The molecule has 4 heterocycles. The number of aromatic nitrogens is 3. The lowest BCUT2D eigenvalue weighted by atomic mass is 10.1. The molecule has 1 saturated heterocycles. The lowest BCUT2D eigenvalue weighted by molar-refractivity contribution is -0.127. The smallest absolute Gasteiger partial charge is 0.242 e. The summed E-state index contributed by atoms with van der Waals surface area (Å²) in [4.78, 5) is 31.5. The van der Waals surface area contributed by atoms with Crippen molar-refractivity contribution in [2.45, 2.75) is 45.7 Å². The van der Waals surface area contributed by atoms with Gasteiger partial charge in [0.25, 0.3) is 0 Å². The van der Waals surface area contributed by atoms with Crippen LogP contribution in [0.3, 0.4) is 0 Å². The molecule has 1 unspecified atom stereocenters. The van der Waals surface area contributed by atoms with Gasteiger partial charge in [-0.25, -0.2) is 4.98 Å². The second-order valence-electron chi connectivity index (χ2n) is 7.88. The summed E-state index contributed by atoms with van der Waals surface area (Å²) in [5, 5.41) is 6.58. The Labute approximate surface area is 207 Å². The molecule has 0 aliphatic carbocycles. The van der Waals surface area contributed by atoms with E-state index < -0.39 is 6.04 Å². The SMILES string of the molecule is C=C.CC/C=C\COC.CCc1cn(CC(=O)NC2CCNC2=O)cc1-c1cc2cccnc2[nH]1. The zero-order valence-corrected chi connectivity index (χ0v) is 21.0. The average molecular weight is 480 g/mol. The van der Waals surface area contributed by atoms with Crippen molar-refractivity contribution >= 4 is 22.8 Å². The van der Waals surface area contributed by atoms with Crippen LogP contribution in [0.1, 0.15) is 32.3 Å². The van der Waals surface area contributed by atoms with E-state index in [1.807, 2.05) is 35.2 Å². The number of methoxy groups -OCH3 is 1. The number of amides is 2. The highest BCUT2D eigenvalue weighted by Gasteiger charge is 2.25. The number of carbonyl (C=O) groups is 2. The van der Waals surface area contributed by atoms with Gasteiger partial charge >= 0.3 is 0 Å². The molecule has 3 aromatic rings. The van der Waals surface area contributed by atoms with Crippen LogP contribution in [0.25, 0.3) is 22.3 Å². The molecular weight excluding hydrogens is 442 g/mol. The summed E-state index contributed by atoms with van der Waals surface area (Å²) >= 11 is 0. The minimum atomic E-state index is -0.414. The number of H-pyrrole nitrogens is 1. The summed E-state index contributed by atoms with van der Waals surface area (Å²) in [6.07, 6.45) is 12.4. The largest absolute Gasteiger partial charge is 0.381 e. The first-order valence-corrected chi connectivity index (χ1v) is 11.9. The zero-order chi connectivity index (χ0) is 25.6. The molecule has 3 N–H and O–H groups in total. The van der Waals surface area contributed by atoms with Crippen LogP contribution in [0.2, 0.25) is 0 Å². The molecule has 188 valence electrons. The second-order valence-corrected chi connectivity index (χ2v) is 7.88. The third-order valence-corrected chi connectivity index (χ3v) is 5.40. The molecule has 0 radical (unpaired) electrons. The van der Waals surface area contributed by atoms with Crippen molar-refractivity contribution in [1.82, 2.24) is 25.2 Å². The number of pyridine rings is 1. The topological polar surface area (TPSA) is 101 Å². The Hall–Kier alpha value is -3.65. The molecule has 1 atom stereocenters. The van der Waals surface area contributed by atoms with Crippen LogP contribution >= 0.6 is 0 Å². The van der Waals surface area contributed by atoms with Gasteiger partial charge in [-0.15, -0.1) is 13.2 Å². The fraction of sp³-hybridized carbons (Fsp3) is 0.370. The predicted octanol–water partition coefficient (Wildman–Crippen LogP) is 4.00. The number of nitrogens with zero attached hydrogens (tertiary/aromatic N) is 2. The number of ether oxygens (including phenoxy) is 1. The molecule has 0 saturated carbocycles. The van der Waals surface area contributed by atoms with Gasteiger partial charge in [-0.1, -0.05) is 26.0 Å². The normalized spacial score (nSPS) is 14.7. The molecule has 0 bridgehead atoms. The van der Waals surface area contributed by atoms with Gasteiger partial charge in [-0.05, 0) is 43.0 Å². The summed E-state index contributed by atoms with van der Waals surface area (Å²) in [6, 6.07) is 5.59. The maximum atomic E-state index is 12.3. The van der Waals surface area contributed by atoms with Gasteiger partial charge < -0.3 is 24.9 Å². The zero-order valence-electron chi connectivity index (χ0n) is 21.0. The molecule has 1 fully saturated rings. The summed E-state index contributed by atoms with van der Waals surface area (Å²) in [7, 11) is 1.69. The fourth-order valence-electron chi connectivity index (χ4n) is 3.74. The Morgan fingerprint density at radius 3 is 2.74 bits per heavy atom. The van der Waals surface area contributed by atoms with E-state index >= 15 is 0 Å². The summed E-state index contributed by atoms with van der Waals surface area (Å²) in [5.41, 5.74) is 4.06. The summed E-state index contributed by atoms with van der Waals surface area (Å²) in [5.74, 6) is -0.263. The molecule has 4 rings (SSSR count). The van der Waals surface area contributed by atoms with Crippen LogP contribution in [0.5, 0.6) is 0 Å². The average Bonchev–Trinajstić information content (AvgIpc) is 3.59. The van der Waals surface area contributed by atoms with Gasteiger partial charge in [-0.2, -0.15) is 0 Å². The van der Waals surface area contributed by atoms with Gasteiger partial charge in [0.2, 0.25) is 11.8 Å². The summed E-state index contributed by atoms with van der Waals surface area (Å²) in [6.45, 7) is 11.7. The van der Waals surface area contributed by atoms with E-state index in [1.54, 1.807) is 13.3 Å². The number of hydrogen-bond acceptors (Lipinski definition) is 4. The monoisotopic (exact) mass is 479 g/mol. The number of nitrogens with one attached hydrogen (secondary N) is 3. The van der Waals surface area contributed by atoms with Crippen LogP contribution in [0, 0.1) is 0 Å². The molecule has 0 aromatic carbocycles. The van der Waals surface area contributed by atoms with Crippen molar-refractivity contribution in [1.29, 1.82) is 0 Å². The second kappa shape index (κ2) is 14.6. The predicted molar refractivity (Wildman–Crippen MR) is 141 cm³/mol. The quantitative estimate of drug-likeness (QED) is 0.425. The Kier molecular flexibility index (Phi) is 11.5. The molecular formula is C27H37N5O3. The minimum absolute atomic E-state index is 0.105. The lowest BCUT2D eigenvalue weighted by Crippen LogP contribution is -2.41. The first kappa shape index (κ1) is 27.6. The van der Waals surface area contributed by atoms with Gasteiger partial charge in [0.05, 0.1) is 6.61 Å². The van der Waals surface area contributed by atoms with Gasteiger partial charge in [0.1, 0.15) is 18.2 Å². The summed E-state index contributed by atoms with van der Waals surface area (Å²) < 4.78 is 6.63. The van der Waals surface area contributed by atoms with Crippen molar-refractivity contribution in [3.8, 4) is 11.3 Å². The first-order chi connectivity index (χ1) is 17.0. The van der Waals surface area contributed by atoms with Crippen LogP contribution in [-0.2, 0) is 27.3 Å². The number of aromatic amines is 1. The Bertz CT molecular complexity index is 1080. The van der Waals surface area contributed by atoms with E-state index in [9.17, 15) is 9.59 Å². The van der Waals surface area contributed by atoms with E-state index in [-0.39, 0.29) is 18.4 Å². The Morgan fingerprint density at radius 1 is 1.31 bits per heavy atom. The number of hydrogen-bond donors (Lipinski definition) is 3. The van der Waals surface area contributed by atoms with Crippen molar-refractivity contribution in [3.05, 3.63) is 67.7 Å². The number of aryl methyl sites for hydroxylation is 1. The highest BCUT2D eigenvalue weighted by atomic mass is 16.5. The lowest BCUT2D eigenvalue weighted by Gasteiger charge is -2.10. The maximum Gasteiger partial charge on any atom is 0.242 e. The molecule has 2 amide bonds. The van der Waals surface area contributed by atoms with E-state index in [4.69, 9.17) is 4.74 Å². The van der Waals surface area contributed by atoms with Crippen molar-refractivity contribution in [2.75, 3.05) is 20.3 Å². The van der Waals surface area contributed by atoms with Crippen LogP contribution < -0.4 is 10.6 Å². The molecule has 8 heteroatoms. The number of rotatable bonds is 8. The van der Waals surface area contributed by atoms with Crippen molar-refractivity contribution in [3.63, 3.8) is 0 Å². The maximum absolute atomic E-state index is 12.3. The first-order valence-electron chi connectivity index (χ1n) is 11.9. The number of allylic oxidation sites excluding steroid dienone is 1. The minimum Gasteiger partial charge on any atom is -0.381 e. The molecule has 0 spiro atoms. The van der Waals surface area contributed by atoms with E-state index in [0.29, 0.717) is 13.0 Å². The van der Waals surface area contributed by atoms with Gasteiger partial charge in [-0.3, -0.25) is 9.59 Å². The molecule has 35 heavy (non-hydrogen) atoms. The molecule has 1 aliphatic heterocycles. The van der Waals surface area contributed by atoms with Crippen LogP contribution in [0.15, 0.2) is 62.1 Å². The Balaban J connectivity index is 0.000000416. The number of carbonyl (C=O) groups excluding carboxylic acids is 2. The van der Waals surface area contributed by atoms with Crippen molar-refractivity contribution < 1.29 is 14.3 Å². The van der Waals surface area contributed by atoms with Crippen LogP contribution in [-0.4, -0.2) is 52.7 Å². The van der Waals surface area contributed by atoms with E-state index in [2.05, 4.69) is 59.7 Å².